The standard InChI is InChI=1S/C18H14F2N4O/c1-25-12-4-3-11-7-13-17(23-24-18(13)22-16(11)8-12)21-9-10-2-5-14(19)15(20)6-10/h2-8H,9H2,1H3,(H2,21,22,23,24). The smallest absolute Gasteiger partial charge is 0.159 e. The average Bonchev–Trinajstić information content (AvgIpc) is 3.02. The van der Waals surface area contributed by atoms with Crippen molar-refractivity contribution in [1.82, 2.24) is 15.2 Å². The van der Waals surface area contributed by atoms with Crippen molar-refractivity contribution < 1.29 is 13.5 Å². The molecule has 0 aliphatic rings. The molecule has 2 N–H and O–H groups in total. The molecule has 2 aromatic heterocycles. The fourth-order valence-electron chi connectivity index (χ4n) is 2.68. The number of anilines is 1. The lowest BCUT2D eigenvalue weighted by Crippen LogP contribution is -2.01. The third-order valence-corrected chi connectivity index (χ3v) is 4.00. The zero-order chi connectivity index (χ0) is 17.4. The van der Waals surface area contributed by atoms with Crippen molar-refractivity contribution >= 4 is 27.8 Å². The summed E-state index contributed by atoms with van der Waals surface area (Å²) >= 11 is 0. The van der Waals surface area contributed by atoms with Crippen molar-refractivity contribution in [3.8, 4) is 5.75 Å². The molecule has 5 nitrogen and oxygen atoms in total. The number of fused-ring (bicyclic) bond motifs is 2. The van der Waals surface area contributed by atoms with Crippen LogP contribution in [0.1, 0.15) is 5.56 Å². The lowest BCUT2D eigenvalue weighted by Gasteiger charge is -2.05. The summed E-state index contributed by atoms with van der Waals surface area (Å²) in [7, 11) is 1.61. The van der Waals surface area contributed by atoms with Crippen LogP contribution in [-0.2, 0) is 6.54 Å². The molecule has 0 saturated carbocycles. The Morgan fingerprint density at radius 3 is 2.76 bits per heavy atom. The van der Waals surface area contributed by atoms with Gasteiger partial charge in [-0.05, 0) is 35.9 Å². The molecule has 0 saturated heterocycles. The molecule has 0 amide bonds. The first-order valence-corrected chi connectivity index (χ1v) is 7.65. The number of nitrogens with one attached hydrogen (secondary N) is 2. The zero-order valence-corrected chi connectivity index (χ0v) is 13.3. The van der Waals surface area contributed by atoms with E-state index in [0.29, 0.717) is 23.6 Å². The summed E-state index contributed by atoms with van der Waals surface area (Å²) in [5.41, 5.74) is 2.05. The number of H-pyrrole nitrogens is 1. The van der Waals surface area contributed by atoms with Gasteiger partial charge in [-0.1, -0.05) is 6.07 Å². The van der Waals surface area contributed by atoms with Crippen molar-refractivity contribution in [3.05, 3.63) is 59.7 Å². The van der Waals surface area contributed by atoms with E-state index in [1.165, 1.54) is 6.07 Å². The molecule has 7 heteroatoms. The monoisotopic (exact) mass is 340 g/mol. The summed E-state index contributed by atoms with van der Waals surface area (Å²) in [5, 5.41) is 12.0. The normalized spacial score (nSPS) is 11.2. The second kappa shape index (κ2) is 6.01. The molecule has 4 rings (SSSR count). The Balaban J connectivity index is 1.65. The predicted molar refractivity (Wildman–Crippen MR) is 91.6 cm³/mol. The van der Waals surface area contributed by atoms with Crippen LogP contribution in [0.5, 0.6) is 5.75 Å². The number of nitrogens with zero attached hydrogens (tertiary/aromatic N) is 2. The summed E-state index contributed by atoms with van der Waals surface area (Å²) < 4.78 is 31.5. The number of halogens is 2. The SMILES string of the molecule is COc1ccc2cc3c(NCc4ccc(F)c(F)c4)n[nH]c3nc2c1. The number of rotatable bonds is 4. The average molecular weight is 340 g/mol. The quantitative estimate of drug-likeness (QED) is 0.589. The van der Waals surface area contributed by atoms with Crippen molar-refractivity contribution in [2.24, 2.45) is 0 Å². The van der Waals surface area contributed by atoms with E-state index >= 15 is 0 Å². The highest BCUT2D eigenvalue weighted by Crippen LogP contribution is 2.26. The van der Waals surface area contributed by atoms with Crippen LogP contribution in [0.4, 0.5) is 14.6 Å². The minimum absolute atomic E-state index is 0.317. The van der Waals surface area contributed by atoms with Gasteiger partial charge in [0.2, 0.25) is 0 Å². The van der Waals surface area contributed by atoms with E-state index in [1.807, 2.05) is 24.3 Å². The van der Waals surface area contributed by atoms with Crippen LogP contribution < -0.4 is 10.1 Å². The predicted octanol–water partition coefficient (Wildman–Crippen LogP) is 4.01. The molecule has 0 spiro atoms. The molecule has 0 aliphatic carbocycles. The van der Waals surface area contributed by atoms with Gasteiger partial charge in [-0.3, -0.25) is 5.10 Å². The number of aromatic nitrogens is 3. The highest BCUT2D eigenvalue weighted by Gasteiger charge is 2.10. The first kappa shape index (κ1) is 15.3. The Hall–Kier alpha value is -3.22. The van der Waals surface area contributed by atoms with Crippen LogP contribution in [-0.4, -0.2) is 22.3 Å². The first-order chi connectivity index (χ1) is 12.1. The van der Waals surface area contributed by atoms with Gasteiger partial charge in [0.25, 0.3) is 0 Å². The Morgan fingerprint density at radius 2 is 1.96 bits per heavy atom. The van der Waals surface area contributed by atoms with Crippen LogP contribution >= 0.6 is 0 Å². The fourth-order valence-corrected chi connectivity index (χ4v) is 2.68. The van der Waals surface area contributed by atoms with Gasteiger partial charge >= 0.3 is 0 Å². The van der Waals surface area contributed by atoms with Gasteiger partial charge in [-0.2, -0.15) is 5.10 Å². The first-order valence-electron chi connectivity index (χ1n) is 7.65. The van der Waals surface area contributed by atoms with E-state index < -0.39 is 11.6 Å². The molecular weight excluding hydrogens is 326 g/mol. The van der Waals surface area contributed by atoms with Gasteiger partial charge in [0.15, 0.2) is 23.1 Å². The molecule has 2 aromatic carbocycles. The third-order valence-electron chi connectivity index (χ3n) is 4.00. The number of hydrogen-bond acceptors (Lipinski definition) is 4. The summed E-state index contributed by atoms with van der Waals surface area (Å²) in [5.74, 6) is -0.395. The largest absolute Gasteiger partial charge is 0.497 e. The number of ether oxygens (including phenoxy) is 1. The van der Waals surface area contributed by atoms with E-state index in [9.17, 15) is 8.78 Å². The number of pyridine rings is 1. The maximum Gasteiger partial charge on any atom is 0.159 e. The van der Waals surface area contributed by atoms with Crippen LogP contribution in [0.15, 0.2) is 42.5 Å². The molecule has 0 aliphatic heterocycles. The molecule has 2 heterocycles. The minimum Gasteiger partial charge on any atom is -0.497 e. The molecule has 4 aromatic rings. The lowest BCUT2D eigenvalue weighted by atomic mass is 10.1. The van der Waals surface area contributed by atoms with E-state index in [1.54, 1.807) is 7.11 Å². The Morgan fingerprint density at radius 1 is 1.08 bits per heavy atom. The van der Waals surface area contributed by atoms with Gasteiger partial charge in [0.05, 0.1) is 18.0 Å². The van der Waals surface area contributed by atoms with Gasteiger partial charge in [-0.25, -0.2) is 13.8 Å². The van der Waals surface area contributed by atoms with E-state index in [-0.39, 0.29) is 0 Å². The second-order valence-electron chi connectivity index (χ2n) is 5.62. The molecular formula is C18H14F2N4O. The molecule has 0 bridgehead atoms. The number of methoxy groups -OCH3 is 1. The van der Waals surface area contributed by atoms with Gasteiger partial charge < -0.3 is 10.1 Å². The highest BCUT2D eigenvalue weighted by molar-refractivity contribution is 5.97. The van der Waals surface area contributed by atoms with Gasteiger partial charge in [0.1, 0.15) is 5.75 Å². The molecule has 0 unspecified atom stereocenters. The highest BCUT2D eigenvalue weighted by atomic mass is 19.2. The maximum absolute atomic E-state index is 13.3. The molecule has 0 atom stereocenters. The maximum atomic E-state index is 13.3. The number of hydrogen-bond donors (Lipinski definition) is 2. The molecule has 126 valence electrons. The number of benzene rings is 2. The lowest BCUT2D eigenvalue weighted by molar-refractivity contribution is 0.415. The Kier molecular flexibility index (Phi) is 3.68. The Labute approximate surface area is 141 Å². The van der Waals surface area contributed by atoms with Crippen LogP contribution in [0.25, 0.3) is 21.9 Å². The topological polar surface area (TPSA) is 62.8 Å². The summed E-state index contributed by atoms with van der Waals surface area (Å²) in [6.45, 7) is 0.317. The van der Waals surface area contributed by atoms with Gasteiger partial charge in [-0.15, -0.1) is 0 Å². The van der Waals surface area contributed by atoms with Crippen LogP contribution in [0, 0.1) is 11.6 Å². The fraction of sp³-hybridized carbons (Fsp3) is 0.111. The minimum atomic E-state index is -0.868. The summed E-state index contributed by atoms with van der Waals surface area (Å²) in [4.78, 5) is 4.54. The van der Waals surface area contributed by atoms with Gasteiger partial charge in [0, 0.05) is 18.0 Å². The van der Waals surface area contributed by atoms with E-state index in [0.717, 1.165) is 34.2 Å². The molecule has 0 fully saturated rings. The van der Waals surface area contributed by atoms with Crippen LogP contribution in [0.3, 0.4) is 0 Å². The summed E-state index contributed by atoms with van der Waals surface area (Å²) in [6, 6.07) is 11.4. The third kappa shape index (κ3) is 2.84. The van der Waals surface area contributed by atoms with E-state index in [4.69, 9.17) is 4.74 Å². The number of aromatic amines is 1. The van der Waals surface area contributed by atoms with Crippen LogP contribution in [0.2, 0.25) is 0 Å². The van der Waals surface area contributed by atoms with E-state index in [2.05, 4.69) is 20.5 Å². The second-order valence-corrected chi connectivity index (χ2v) is 5.62. The zero-order valence-electron chi connectivity index (χ0n) is 13.3. The van der Waals surface area contributed by atoms with Crippen molar-refractivity contribution in [1.29, 1.82) is 0 Å². The Bertz CT molecular complexity index is 1080. The summed E-state index contributed by atoms with van der Waals surface area (Å²) in [6.07, 6.45) is 0. The van der Waals surface area contributed by atoms with Crippen molar-refractivity contribution in [2.75, 3.05) is 12.4 Å². The molecule has 0 radical (unpaired) electrons. The van der Waals surface area contributed by atoms with Crippen molar-refractivity contribution in [2.45, 2.75) is 6.54 Å². The van der Waals surface area contributed by atoms with Crippen molar-refractivity contribution in [3.63, 3.8) is 0 Å². The molecule has 25 heavy (non-hydrogen) atoms.